The molecule has 4 heteroatoms. The standard InChI is InChI=1S/C18H22O4/c1-10(2)12-6-5-11(3)13(7-12)8-14-15(19)9-16(22-4)18(21)17(14)20/h9,13,20H,3,5-8H2,1-2,4H3. The molecule has 0 radical (unpaired) electrons. The monoisotopic (exact) mass is 302 g/mol. The molecule has 0 saturated heterocycles. The molecule has 1 unspecified atom stereocenters. The lowest BCUT2D eigenvalue weighted by Crippen LogP contribution is -2.23. The van der Waals surface area contributed by atoms with Crippen molar-refractivity contribution in [1.82, 2.24) is 0 Å². The minimum atomic E-state index is -0.624. The lowest BCUT2D eigenvalue weighted by molar-refractivity contribution is -0.120. The highest BCUT2D eigenvalue weighted by Gasteiger charge is 2.32. The summed E-state index contributed by atoms with van der Waals surface area (Å²) in [5.74, 6) is -1.49. The fraction of sp³-hybridized carbons (Fsp3) is 0.444. The minimum absolute atomic E-state index is 0.0880. The molecule has 118 valence electrons. The Kier molecular flexibility index (Phi) is 4.69. The number of allylic oxidation sites excluding steroid dienone is 5. The first-order valence-corrected chi connectivity index (χ1v) is 7.44. The van der Waals surface area contributed by atoms with Crippen molar-refractivity contribution >= 4 is 11.6 Å². The van der Waals surface area contributed by atoms with Crippen LogP contribution in [0.2, 0.25) is 0 Å². The summed E-state index contributed by atoms with van der Waals surface area (Å²) in [6, 6.07) is 0. The molecule has 0 heterocycles. The molecule has 22 heavy (non-hydrogen) atoms. The Bertz CT molecular complexity index is 627. The van der Waals surface area contributed by atoms with Gasteiger partial charge in [-0.15, -0.1) is 0 Å². The number of aliphatic hydroxyl groups excluding tert-OH is 1. The largest absolute Gasteiger partial charge is 0.504 e. The summed E-state index contributed by atoms with van der Waals surface area (Å²) >= 11 is 0. The van der Waals surface area contributed by atoms with Gasteiger partial charge in [-0.2, -0.15) is 0 Å². The number of hydrogen-bond donors (Lipinski definition) is 1. The first-order chi connectivity index (χ1) is 10.3. The van der Waals surface area contributed by atoms with Crippen molar-refractivity contribution in [3.63, 3.8) is 0 Å². The van der Waals surface area contributed by atoms with E-state index in [1.54, 1.807) is 0 Å². The van der Waals surface area contributed by atoms with Gasteiger partial charge in [-0.1, -0.05) is 23.3 Å². The van der Waals surface area contributed by atoms with Gasteiger partial charge in [0.25, 0.3) is 5.78 Å². The highest BCUT2D eigenvalue weighted by atomic mass is 16.5. The van der Waals surface area contributed by atoms with Crippen LogP contribution in [0.3, 0.4) is 0 Å². The van der Waals surface area contributed by atoms with E-state index >= 15 is 0 Å². The van der Waals surface area contributed by atoms with E-state index in [0.29, 0.717) is 6.42 Å². The zero-order valence-corrected chi connectivity index (χ0v) is 13.4. The van der Waals surface area contributed by atoms with Gasteiger partial charge in [0.05, 0.1) is 7.11 Å². The molecule has 0 aromatic rings. The van der Waals surface area contributed by atoms with Crippen molar-refractivity contribution in [2.75, 3.05) is 7.11 Å². The number of Topliss-reactive ketones (excluding diaryl/α,β-unsaturated/α-hetero) is 1. The number of ether oxygens (including phenoxy) is 1. The summed E-state index contributed by atoms with van der Waals surface area (Å²) in [5.41, 5.74) is 3.92. The first-order valence-electron chi connectivity index (χ1n) is 7.44. The third kappa shape index (κ3) is 3.06. The number of hydrogen-bond acceptors (Lipinski definition) is 4. The molecule has 1 saturated carbocycles. The fourth-order valence-corrected chi connectivity index (χ4v) is 2.97. The Morgan fingerprint density at radius 1 is 1.36 bits per heavy atom. The van der Waals surface area contributed by atoms with E-state index in [1.807, 2.05) is 0 Å². The lowest BCUT2D eigenvalue weighted by Gasteiger charge is -2.29. The SMILES string of the molecule is C=C1CCC(=C(C)C)CC1CC1=C(O)C(=O)C(OC)=CC1=O. The Balaban J connectivity index is 2.24. The number of carbonyl (C=O) groups is 2. The molecule has 1 N–H and O–H groups in total. The van der Waals surface area contributed by atoms with Crippen LogP contribution < -0.4 is 0 Å². The summed E-state index contributed by atoms with van der Waals surface area (Å²) in [6.45, 7) is 8.26. The van der Waals surface area contributed by atoms with Crippen molar-refractivity contribution in [3.05, 3.63) is 46.5 Å². The fourth-order valence-electron chi connectivity index (χ4n) is 2.97. The van der Waals surface area contributed by atoms with Gasteiger partial charge in [-0.25, -0.2) is 0 Å². The van der Waals surface area contributed by atoms with Gasteiger partial charge in [0.2, 0.25) is 0 Å². The van der Waals surface area contributed by atoms with Crippen LogP contribution in [0.1, 0.15) is 39.5 Å². The highest BCUT2D eigenvalue weighted by Crippen LogP contribution is 2.38. The second-order valence-electron chi connectivity index (χ2n) is 6.10. The van der Waals surface area contributed by atoms with E-state index in [1.165, 1.54) is 18.3 Å². The van der Waals surface area contributed by atoms with Crippen LogP contribution in [-0.4, -0.2) is 23.8 Å². The van der Waals surface area contributed by atoms with Crippen LogP contribution in [0.5, 0.6) is 0 Å². The van der Waals surface area contributed by atoms with E-state index in [2.05, 4.69) is 20.4 Å². The van der Waals surface area contributed by atoms with E-state index < -0.39 is 11.5 Å². The van der Waals surface area contributed by atoms with E-state index in [0.717, 1.165) is 30.9 Å². The molecular weight excluding hydrogens is 280 g/mol. The average Bonchev–Trinajstić information content (AvgIpc) is 2.48. The molecule has 0 aromatic carbocycles. The summed E-state index contributed by atoms with van der Waals surface area (Å²) in [6.07, 6.45) is 4.23. The molecule has 1 fully saturated rings. The van der Waals surface area contributed by atoms with Crippen molar-refractivity contribution in [3.8, 4) is 0 Å². The van der Waals surface area contributed by atoms with Gasteiger partial charge >= 0.3 is 0 Å². The zero-order valence-electron chi connectivity index (χ0n) is 13.4. The van der Waals surface area contributed by atoms with E-state index in [4.69, 9.17) is 4.74 Å². The number of ketones is 2. The Hall–Kier alpha value is -2.10. The summed E-state index contributed by atoms with van der Waals surface area (Å²) in [5, 5.41) is 10.0. The summed E-state index contributed by atoms with van der Waals surface area (Å²) in [4.78, 5) is 24.1. The summed E-state index contributed by atoms with van der Waals surface area (Å²) in [7, 11) is 1.30. The molecule has 1 atom stereocenters. The Labute approximate surface area is 130 Å². The number of methoxy groups -OCH3 is 1. The van der Waals surface area contributed by atoms with Crippen LogP contribution in [0.15, 0.2) is 46.5 Å². The topological polar surface area (TPSA) is 63.6 Å². The molecule has 0 aromatic heterocycles. The maximum Gasteiger partial charge on any atom is 0.262 e. The van der Waals surface area contributed by atoms with Crippen molar-refractivity contribution in [1.29, 1.82) is 0 Å². The Morgan fingerprint density at radius 2 is 2.05 bits per heavy atom. The van der Waals surface area contributed by atoms with Crippen molar-refractivity contribution < 1.29 is 19.4 Å². The van der Waals surface area contributed by atoms with Gasteiger partial charge < -0.3 is 9.84 Å². The van der Waals surface area contributed by atoms with Gasteiger partial charge in [0.1, 0.15) is 0 Å². The molecule has 0 bridgehead atoms. The molecule has 2 aliphatic carbocycles. The lowest BCUT2D eigenvalue weighted by atomic mass is 9.76. The van der Waals surface area contributed by atoms with Crippen LogP contribution in [0, 0.1) is 5.92 Å². The van der Waals surface area contributed by atoms with Crippen molar-refractivity contribution in [2.45, 2.75) is 39.5 Å². The molecule has 0 amide bonds. The number of carbonyl (C=O) groups excluding carboxylic acids is 2. The van der Waals surface area contributed by atoms with Crippen LogP contribution in [-0.2, 0) is 14.3 Å². The minimum Gasteiger partial charge on any atom is -0.504 e. The quantitative estimate of drug-likeness (QED) is 0.639. The Morgan fingerprint density at radius 3 is 2.64 bits per heavy atom. The average molecular weight is 302 g/mol. The first kappa shape index (κ1) is 16.3. The molecule has 0 aliphatic heterocycles. The molecular formula is C18H22O4. The van der Waals surface area contributed by atoms with Crippen LogP contribution in [0.4, 0.5) is 0 Å². The maximum atomic E-state index is 12.1. The predicted octanol–water partition coefficient (Wildman–Crippen LogP) is 3.56. The van der Waals surface area contributed by atoms with Crippen LogP contribution >= 0.6 is 0 Å². The molecule has 4 nitrogen and oxygen atoms in total. The highest BCUT2D eigenvalue weighted by molar-refractivity contribution is 6.20. The second kappa shape index (κ2) is 6.34. The van der Waals surface area contributed by atoms with Crippen molar-refractivity contribution in [2.24, 2.45) is 5.92 Å². The number of aliphatic hydroxyl groups is 1. The normalized spacial score (nSPS) is 22.9. The molecule has 2 aliphatic rings. The molecule has 0 spiro atoms. The van der Waals surface area contributed by atoms with Crippen LogP contribution in [0.25, 0.3) is 0 Å². The molecule has 2 rings (SSSR count). The van der Waals surface area contributed by atoms with Gasteiger partial charge in [0, 0.05) is 11.6 Å². The van der Waals surface area contributed by atoms with Gasteiger partial charge in [0.15, 0.2) is 17.3 Å². The summed E-state index contributed by atoms with van der Waals surface area (Å²) < 4.78 is 4.82. The third-order valence-corrected chi connectivity index (χ3v) is 4.48. The second-order valence-corrected chi connectivity index (χ2v) is 6.10. The maximum absolute atomic E-state index is 12.1. The predicted molar refractivity (Wildman–Crippen MR) is 84.2 cm³/mol. The van der Waals surface area contributed by atoms with E-state index in [9.17, 15) is 14.7 Å². The third-order valence-electron chi connectivity index (χ3n) is 4.48. The number of rotatable bonds is 3. The van der Waals surface area contributed by atoms with E-state index in [-0.39, 0.29) is 23.0 Å². The van der Waals surface area contributed by atoms with Gasteiger partial charge in [-0.3, -0.25) is 9.59 Å². The zero-order chi connectivity index (χ0) is 16.4. The smallest absolute Gasteiger partial charge is 0.262 e. The van der Waals surface area contributed by atoms with Gasteiger partial charge in [-0.05, 0) is 45.4 Å².